The number of benzene rings is 1. The Hall–Kier alpha value is -2.36. The largest absolute Gasteiger partial charge is 0.398 e. The maximum Gasteiger partial charge on any atom is 0.254 e. The molecule has 0 saturated heterocycles. The van der Waals surface area contributed by atoms with Gasteiger partial charge in [0, 0.05) is 24.0 Å². The lowest BCUT2D eigenvalue weighted by atomic mass is 10.1. The number of aromatic nitrogens is 1. The normalized spacial score (nSPS) is 10.3. The predicted octanol–water partition coefficient (Wildman–Crippen LogP) is 2.55. The number of pyridine rings is 1. The zero-order valence-electron chi connectivity index (χ0n) is 12.1. The molecule has 0 bridgehead atoms. The number of nitrogen functional groups attached to an aromatic ring is 1. The minimum Gasteiger partial charge on any atom is -0.398 e. The molecule has 0 radical (unpaired) electrons. The number of nitrogens with two attached hydrogens (primary N) is 1. The summed E-state index contributed by atoms with van der Waals surface area (Å²) in [7, 11) is 1.77. The first-order chi connectivity index (χ1) is 9.49. The Labute approximate surface area is 119 Å². The van der Waals surface area contributed by atoms with Gasteiger partial charge in [-0.1, -0.05) is 12.1 Å². The Morgan fingerprint density at radius 2 is 1.90 bits per heavy atom. The molecule has 0 fully saturated rings. The maximum atomic E-state index is 12.4. The van der Waals surface area contributed by atoms with E-state index in [-0.39, 0.29) is 5.91 Å². The quantitative estimate of drug-likeness (QED) is 0.871. The summed E-state index contributed by atoms with van der Waals surface area (Å²) in [4.78, 5) is 18.5. The summed E-state index contributed by atoms with van der Waals surface area (Å²) in [5.74, 6) is -0.0434. The summed E-state index contributed by atoms with van der Waals surface area (Å²) in [5, 5.41) is 0. The molecule has 1 aromatic carbocycles. The van der Waals surface area contributed by atoms with Crippen molar-refractivity contribution in [2.24, 2.45) is 0 Å². The van der Waals surface area contributed by atoms with Crippen LogP contribution in [0.5, 0.6) is 0 Å². The van der Waals surface area contributed by atoms with Gasteiger partial charge in [0.2, 0.25) is 0 Å². The van der Waals surface area contributed by atoms with Gasteiger partial charge >= 0.3 is 0 Å². The molecule has 4 nitrogen and oxygen atoms in total. The second-order valence-electron chi connectivity index (χ2n) is 4.95. The summed E-state index contributed by atoms with van der Waals surface area (Å²) in [5.41, 5.74) is 9.77. The van der Waals surface area contributed by atoms with Crippen molar-refractivity contribution in [1.29, 1.82) is 0 Å². The van der Waals surface area contributed by atoms with E-state index in [9.17, 15) is 4.79 Å². The van der Waals surface area contributed by atoms with E-state index >= 15 is 0 Å². The highest BCUT2D eigenvalue weighted by atomic mass is 16.2. The molecule has 104 valence electrons. The van der Waals surface area contributed by atoms with Crippen molar-refractivity contribution in [3.63, 3.8) is 0 Å². The molecule has 1 heterocycles. The highest BCUT2D eigenvalue weighted by Crippen LogP contribution is 2.17. The second-order valence-corrected chi connectivity index (χ2v) is 4.95. The van der Waals surface area contributed by atoms with Gasteiger partial charge in [-0.3, -0.25) is 9.78 Å². The standard InChI is InChI=1S/C16H19N3O/c1-11-6-4-7-13(18-11)10-19(3)16(20)14-8-5-9-15(17)12(14)2/h4-9H,10,17H2,1-3H3. The molecule has 2 aromatic rings. The van der Waals surface area contributed by atoms with Gasteiger partial charge in [-0.2, -0.15) is 0 Å². The van der Waals surface area contributed by atoms with Gasteiger partial charge < -0.3 is 10.6 Å². The number of carbonyl (C=O) groups excluding carboxylic acids is 1. The third-order valence-corrected chi connectivity index (χ3v) is 3.30. The van der Waals surface area contributed by atoms with Crippen molar-refractivity contribution in [3.05, 3.63) is 58.9 Å². The number of hydrogen-bond donors (Lipinski definition) is 1. The van der Waals surface area contributed by atoms with Crippen LogP contribution in [-0.2, 0) is 6.54 Å². The average molecular weight is 269 g/mol. The van der Waals surface area contributed by atoms with Crippen LogP contribution in [0.1, 0.15) is 27.3 Å². The van der Waals surface area contributed by atoms with Crippen molar-refractivity contribution in [3.8, 4) is 0 Å². The molecule has 2 rings (SSSR count). The highest BCUT2D eigenvalue weighted by Gasteiger charge is 2.15. The maximum absolute atomic E-state index is 12.4. The SMILES string of the molecule is Cc1cccc(CN(C)C(=O)c2cccc(N)c2C)n1. The first kappa shape index (κ1) is 14.1. The van der Waals surface area contributed by atoms with Crippen LogP contribution in [0.25, 0.3) is 0 Å². The van der Waals surface area contributed by atoms with Gasteiger partial charge in [0.15, 0.2) is 0 Å². The van der Waals surface area contributed by atoms with Crippen LogP contribution < -0.4 is 5.73 Å². The Kier molecular flexibility index (Phi) is 4.03. The molecule has 2 N–H and O–H groups in total. The number of hydrogen-bond acceptors (Lipinski definition) is 3. The molecule has 0 aliphatic carbocycles. The summed E-state index contributed by atoms with van der Waals surface area (Å²) >= 11 is 0. The summed E-state index contributed by atoms with van der Waals surface area (Å²) in [6.07, 6.45) is 0. The Morgan fingerprint density at radius 3 is 2.60 bits per heavy atom. The first-order valence-electron chi connectivity index (χ1n) is 6.52. The van der Waals surface area contributed by atoms with Crippen molar-refractivity contribution < 1.29 is 4.79 Å². The van der Waals surface area contributed by atoms with Crippen LogP contribution in [0.3, 0.4) is 0 Å². The van der Waals surface area contributed by atoms with Crippen LogP contribution in [0.15, 0.2) is 36.4 Å². The third-order valence-electron chi connectivity index (χ3n) is 3.30. The van der Waals surface area contributed by atoms with Gasteiger partial charge in [0.25, 0.3) is 5.91 Å². The second kappa shape index (κ2) is 5.74. The lowest BCUT2D eigenvalue weighted by Crippen LogP contribution is -2.27. The molecule has 0 unspecified atom stereocenters. The fraction of sp³-hybridized carbons (Fsp3) is 0.250. The lowest BCUT2D eigenvalue weighted by molar-refractivity contribution is 0.0782. The van der Waals surface area contributed by atoms with Crippen LogP contribution in [-0.4, -0.2) is 22.8 Å². The number of amides is 1. The van der Waals surface area contributed by atoms with Gasteiger partial charge in [-0.05, 0) is 43.7 Å². The van der Waals surface area contributed by atoms with Gasteiger partial charge in [-0.25, -0.2) is 0 Å². The van der Waals surface area contributed by atoms with E-state index in [1.54, 1.807) is 30.1 Å². The number of aryl methyl sites for hydroxylation is 1. The molecule has 1 amide bonds. The molecule has 0 saturated carbocycles. The highest BCUT2D eigenvalue weighted by molar-refractivity contribution is 5.96. The van der Waals surface area contributed by atoms with Crippen LogP contribution in [0, 0.1) is 13.8 Å². The Bertz CT molecular complexity index is 637. The van der Waals surface area contributed by atoms with Crippen molar-refractivity contribution >= 4 is 11.6 Å². The zero-order chi connectivity index (χ0) is 14.7. The molecular formula is C16H19N3O. The zero-order valence-corrected chi connectivity index (χ0v) is 12.1. The predicted molar refractivity (Wildman–Crippen MR) is 80.4 cm³/mol. The molecular weight excluding hydrogens is 250 g/mol. The van der Waals surface area contributed by atoms with Crippen molar-refractivity contribution in [2.75, 3.05) is 12.8 Å². The summed E-state index contributed by atoms with van der Waals surface area (Å²) in [6.45, 7) is 4.28. The summed E-state index contributed by atoms with van der Waals surface area (Å²) in [6, 6.07) is 11.2. The molecule has 1 aromatic heterocycles. The summed E-state index contributed by atoms with van der Waals surface area (Å²) < 4.78 is 0. The van der Waals surface area contributed by atoms with Gasteiger partial charge in [-0.15, -0.1) is 0 Å². The van der Waals surface area contributed by atoms with E-state index in [2.05, 4.69) is 4.98 Å². The van der Waals surface area contributed by atoms with Crippen LogP contribution in [0.2, 0.25) is 0 Å². The van der Waals surface area contributed by atoms with Gasteiger partial charge in [0.1, 0.15) is 0 Å². The molecule has 0 atom stereocenters. The van der Waals surface area contributed by atoms with E-state index in [1.807, 2.05) is 32.0 Å². The van der Waals surface area contributed by atoms with Crippen LogP contribution in [0.4, 0.5) is 5.69 Å². The molecule has 0 aliphatic heterocycles. The number of rotatable bonds is 3. The Balaban J connectivity index is 2.19. The van der Waals surface area contributed by atoms with Crippen molar-refractivity contribution in [2.45, 2.75) is 20.4 Å². The van der Waals surface area contributed by atoms with Gasteiger partial charge in [0.05, 0.1) is 12.2 Å². The number of nitrogens with zero attached hydrogens (tertiary/aromatic N) is 2. The molecule has 0 spiro atoms. The molecule has 4 heteroatoms. The smallest absolute Gasteiger partial charge is 0.254 e. The van der Waals surface area contributed by atoms with E-state index in [0.717, 1.165) is 17.0 Å². The number of carbonyl (C=O) groups is 1. The topological polar surface area (TPSA) is 59.2 Å². The molecule has 0 aliphatic rings. The Morgan fingerprint density at radius 1 is 1.20 bits per heavy atom. The van der Waals surface area contributed by atoms with Crippen LogP contribution >= 0.6 is 0 Å². The van der Waals surface area contributed by atoms with E-state index < -0.39 is 0 Å². The fourth-order valence-corrected chi connectivity index (χ4v) is 2.09. The third kappa shape index (κ3) is 2.96. The molecule has 20 heavy (non-hydrogen) atoms. The fourth-order valence-electron chi connectivity index (χ4n) is 2.09. The minimum absolute atomic E-state index is 0.0434. The first-order valence-corrected chi connectivity index (χ1v) is 6.52. The van der Waals surface area contributed by atoms with E-state index in [0.29, 0.717) is 17.8 Å². The number of anilines is 1. The van der Waals surface area contributed by atoms with Crippen molar-refractivity contribution in [1.82, 2.24) is 9.88 Å². The average Bonchev–Trinajstić information content (AvgIpc) is 2.41. The monoisotopic (exact) mass is 269 g/mol. The van der Waals surface area contributed by atoms with E-state index in [4.69, 9.17) is 5.73 Å². The lowest BCUT2D eigenvalue weighted by Gasteiger charge is -2.18. The minimum atomic E-state index is -0.0434. The van der Waals surface area contributed by atoms with E-state index in [1.165, 1.54) is 0 Å².